The molecule has 4 heteroatoms. The Morgan fingerprint density at radius 1 is 0.426 bits per heavy atom. The number of fused-ring (bicyclic) bond motifs is 5. The molecule has 0 amide bonds. The lowest BCUT2D eigenvalue weighted by atomic mass is 9.92. The van der Waals surface area contributed by atoms with Gasteiger partial charge in [-0.2, -0.15) is 10.1 Å². The lowest BCUT2D eigenvalue weighted by molar-refractivity contribution is 0.766. The molecule has 9 aromatic rings. The Kier molecular flexibility index (Phi) is 6.16. The molecule has 4 nitrogen and oxygen atoms in total. The van der Waals surface area contributed by atoms with Crippen LogP contribution in [0.15, 0.2) is 158 Å². The molecule has 9 rings (SSSR count). The third-order valence-corrected chi connectivity index (χ3v) is 9.12. The van der Waals surface area contributed by atoms with E-state index in [-0.39, 0.29) is 0 Å². The molecule has 0 fully saturated rings. The van der Waals surface area contributed by atoms with Gasteiger partial charge in [0.2, 0.25) is 0 Å². The topological polar surface area (TPSA) is 54.5 Å². The largest absolute Gasteiger partial charge is 0.192 e. The Morgan fingerprint density at radius 2 is 0.957 bits per heavy atom. The van der Waals surface area contributed by atoms with E-state index in [0.717, 1.165) is 55.3 Å². The molecule has 0 atom stereocenters. The summed E-state index contributed by atoms with van der Waals surface area (Å²) in [6.07, 6.45) is 0. The second kappa shape index (κ2) is 10.8. The Balaban J connectivity index is 1.08. The van der Waals surface area contributed by atoms with Crippen LogP contribution >= 0.6 is 0 Å². The van der Waals surface area contributed by atoms with E-state index in [2.05, 4.69) is 133 Å². The van der Waals surface area contributed by atoms with E-state index in [1.807, 2.05) is 30.3 Å². The Bertz CT molecular complexity index is 2680. The van der Waals surface area contributed by atoms with Crippen LogP contribution in [0.3, 0.4) is 0 Å². The van der Waals surface area contributed by atoms with Gasteiger partial charge in [0.1, 0.15) is 11.0 Å². The molecule has 0 bridgehead atoms. The zero-order chi connectivity index (χ0) is 31.3. The molecule has 0 N–H and O–H groups in total. The maximum atomic E-state index is 9.23. The fourth-order valence-corrected chi connectivity index (χ4v) is 6.79. The molecule has 47 heavy (non-hydrogen) atoms. The lowest BCUT2D eigenvalue weighted by Gasteiger charge is -2.12. The van der Waals surface area contributed by atoms with Crippen molar-refractivity contribution in [2.75, 3.05) is 0 Å². The second-order valence-electron chi connectivity index (χ2n) is 11.8. The van der Waals surface area contributed by atoms with E-state index < -0.39 is 0 Å². The third kappa shape index (κ3) is 4.53. The highest BCUT2D eigenvalue weighted by Crippen LogP contribution is 2.37. The number of benzene rings is 8. The first kappa shape index (κ1) is 26.8. The van der Waals surface area contributed by atoms with E-state index in [0.29, 0.717) is 5.56 Å². The average molecular weight is 599 g/mol. The molecule has 0 saturated carbocycles. The fraction of sp³-hybridized carbons (Fsp3) is 0. The molecule has 0 unspecified atom stereocenters. The van der Waals surface area contributed by atoms with Crippen LogP contribution in [0, 0.1) is 11.3 Å². The number of nitrogens with zero attached hydrogens (tertiary/aromatic N) is 4. The van der Waals surface area contributed by atoms with Gasteiger partial charge in [-0.1, -0.05) is 115 Å². The lowest BCUT2D eigenvalue weighted by Crippen LogP contribution is -1.98. The minimum atomic E-state index is 0.658. The van der Waals surface area contributed by atoms with Crippen molar-refractivity contribution in [3.63, 3.8) is 0 Å². The maximum Gasteiger partial charge on any atom is 0.114 e. The van der Waals surface area contributed by atoms with Crippen molar-refractivity contribution in [1.82, 2.24) is 15.0 Å². The Hall–Kier alpha value is -6.57. The standard InChI is InChI=1S/C43H26N4/c44-27-28-13-15-29(16-14-28)35-22-23-36(39-11-4-3-10-38(35)39)32-19-24-42-43(26-32)46-47(45-42)33-20-17-30(18-21-33)41-25-31-7-1-2-8-34(31)37-9-5-6-12-40(37)41/h1-26H. The minimum Gasteiger partial charge on any atom is -0.192 e. The highest BCUT2D eigenvalue weighted by Gasteiger charge is 2.13. The minimum absolute atomic E-state index is 0.658. The Labute approximate surface area is 271 Å². The first-order valence-corrected chi connectivity index (χ1v) is 15.6. The maximum absolute atomic E-state index is 9.23. The third-order valence-electron chi connectivity index (χ3n) is 9.12. The fourth-order valence-electron chi connectivity index (χ4n) is 6.79. The molecule has 0 saturated heterocycles. The molecular formula is C43H26N4. The van der Waals surface area contributed by atoms with Crippen molar-refractivity contribution < 1.29 is 0 Å². The number of hydrogen-bond acceptors (Lipinski definition) is 3. The van der Waals surface area contributed by atoms with E-state index in [9.17, 15) is 5.26 Å². The van der Waals surface area contributed by atoms with Gasteiger partial charge in [-0.05, 0) is 108 Å². The van der Waals surface area contributed by atoms with Crippen LogP contribution in [0.4, 0.5) is 0 Å². The summed E-state index contributed by atoms with van der Waals surface area (Å²) in [7, 11) is 0. The molecule has 1 heterocycles. The van der Waals surface area contributed by atoms with E-state index in [4.69, 9.17) is 10.2 Å². The van der Waals surface area contributed by atoms with Gasteiger partial charge < -0.3 is 0 Å². The van der Waals surface area contributed by atoms with Gasteiger partial charge in [-0.3, -0.25) is 0 Å². The van der Waals surface area contributed by atoms with E-state index >= 15 is 0 Å². The van der Waals surface area contributed by atoms with Crippen LogP contribution in [0.2, 0.25) is 0 Å². The summed E-state index contributed by atoms with van der Waals surface area (Å²) >= 11 is 0. The summed E-state index contributed by atoms with van der Waals surface area (Å²) in [5.74, 6) is 0. The van der Waals surface area contributed by atoms with Crippen molar-refractivity contribution >= 4 is 43.4 Å². The zero-order valence-corrected chi connectivity index (χ0v) is 25.3. The SMILES string of the molecule is N#Cc1ccc(-c2ccc(-c3ccc4nn(-c5ccc(-c6cc7ccccc7c7ccccc67)cc5)nc4c3)c3ccccc23)cc1. The molecule has 0 radical (unpaired) electrons. The zero-order valence-electron chi connectivity index (χ0n) is 25.3. The van der Waals surface area contributed by atoms with Crippen molar-refractivity contribution in [3.8, 4) is 45.1 Å². The van der Waals surface area contributed by atoms with Crippen LogP contribution in [0.5, 0.6) is 0 Å². The smallest absolute Gasteiger partial charge is 0.114 e. The summed E-state index contributed by atoms with van der Waals surface area (Å²) in [5.41, 5.74) is 10.1. The predicted molar refractivity (Wildman–Crippen MR) is 192 cm³/mol. The molecule has 1 aromatic heterocycles. The van der Waals surface area contributed by atoms with Crippen LogP contribution in [0.1, 0.15) is 5.56 Å². The summed E-state index contributed by atoms with van der Waals surface area (Å²) < 4.78 is 0. The van der Waals surface area contributed by atoms with Crippen LogP contribution in [-0.2, 0) is 0 Å². The van der Waals surface area contributed by atoms with E-state index in [1.54, 1.807) is 4.80 Å². The molecule has 0 aliphatic carbocycles. The first-order chi connectivity index (χ1) is 23.2. The van der Waals surface area contributed by atoms with Crippen LogP contribution in [0.25, 0.3) is 82.4 Å². The molecule has 8 aromatic carbocycles. The van der Waals surface area contributed by atoms with Crippen molar-refractivity contribution in [2.24, 2.45) is 0 Å². The quantitative estimate of drug-likeness (QED) is 0.189. The van der Waals surface area contributed by atoms with Crippen molar-refractivity contribution in [3.05, 3.63) is 163 Å². The number of aromatic nitrogens is 3. The van der Waals surface area contributed by atoms with Gasteiger partial charge >= 0.3 is 0 Å². The number of nitriles is 1. The van der Waals surface area contributed by atoms with Crippen LogP contribution < -0.4 is 0 Å². The molecular weight excluding hydrogens is 573 g/mol. The highest BCUT2D eigenvalue weighted by atomic mass is 15.5. The van der Waals surface area contributed by atoms with Gasteiger partial charge in [0.25, 0.3) is 0 Å². The van der Waals surface area contributed by atoms with Gasteiger partial charge in [-0.25, -0.2) is 0 Å². The molecule has 0 spiro atoms. The number of rotatable bonds is 4. The van der Waals surface area contributed by atoms with Gasteiger partial charge in [0, 0.05) is 0 Å². The average Bonchev–Trinajstić information content (AvgIpc) is 3.58. The van der Waals surface area contributed by atoms with Crippen molar-refractivity contribution in [2.45, 2.75) is 0 Å². The first-order valence-electron chi connectivity index (χ1n) is 15.6. The molecule has 218 valence electrons. The summed E-state index contributed by atoms with van der Waals surface area (Å²) in [4.78, 5) is 1.73. The summed E-state index contributed by atoms with van der Waals surface area (Å²) in [6, 6.07) is 57.1. The van der Waals surface area contributed by atoms with Gasteiger partial charge in [0.15, 0.2) is 0 Å². The normalized spacial score (nSPS) is 11.4. The predicted octanol–water partition coefficient (Wildman–Crippen LogP) is 10.8. The van der Waals surface area contributed by atoms with E-state index in [1.165, 1.54) is 27.1 Å². The van der Waals surface area contributed by atoms with Crippen molar-refractivity contribution in [1.29, 1.82) is 5.26 Å². The van der Waals surface area contributed by atoms with Crippen LogP contribution in [-0.4, -0.2) is 15.0 Å². The van der Waals surface area contributed by atoms with Gasteiger partial charge in [0.05, 0.1) is 17.3 Å². The van der Waals surface area contributed by atoms with Gasteiger partial charge in [-0.15, -0.1) is 10.2 Å². The molecule has 0 aliphatic rings. The summed E-state index contributed by atoms with van der Waals surface area (Å²) in [5, 5.41) is 26.3. The summed E-state index contributed by atoms with van der Waals surface area (Å²) in [6.45, 7) is 0. The monoisotopic (exact) mass is 598 g/mol. The second-order valence-corrected chi connectivity index (χ2v) is 11.8. The highest BCUT2D eigenvalue weighted by molar-refractivity contribution is 6.13. The molecule has 0 aliphatic heterocycles. The number of hydrogen-bond donors (Lipinski definition) is 0. The Morgan fingerprint density at radius 3 is 1.66 bits per heavy atom.